The van der Waals surface area contributed by atoms with Crippen molar-refractivity contribution in [2.45, 2.75) is 32.5 Å². The summed E-state index contributed by atoms with van der Waals surface area (Å²) in [5.41, 5.74) is 2.65. The van der Waals surface area contributed by atoms with Crippen molar-refractivity contribution in [3.8, 4) is 22.6 Å². The minimum atomic E-state index is -4.43. The monoisotopic (exact) mass is 654 g/mol. The van der Waals surface area contributed by atoms with Crippen LogP contribution in [0.3, 0.4) is 0 Å². The number of carboxylic acids is 1. The average molecular weight is 656 g/mol. The van der Waals surface area contributed by atoms with E-state index < -0.39 is 23.8 Å². The fraction of sp³-hybridized carbons (Fsp3) is 0.212. The van der Waals surface area contributed by atoms with Crippen LogP contribution in [0.4, 0.5) is 18.9 Å². The molecule has 0 aliphatic carbocycles. The van der Waals surface area contributed by atoms with Gasteiger partial charge in [-0.1, -0.05) is 52.3 Å². The number of nitrogens with zero attached hydrogens (tertiary/aromatic N) is 1. The summed E-state index contributed by atoms with van der Waals surface area (Å²) >= 11 is 3.43. The second-order valence-corrected chi connectivity index (χ2v) is 10.6. The molecule has 6 nitrogen and oxygen atoms in total. The number of carbonyl (C=O) groups excluding carboxylic acids is 1. The van der Waals surface area contributed by atoms with E-state index in [1.165, 1.54) is 12.1 Å². The normalized spacial score (nSPS) is 12.0. The smallest absolute Gasteiger partial charge is 0.416 e. The van der Waals surface area contributed by atoms with Crippen LogP contribution >= 0.6 is 15.9 Å². The van der Waals surface area contributed by atoms with Gasteiger partial charge in [0, 0.05) is 23.2 Å². The van der Waals surface area contributed by atoms with Crippen molar-refractivity contribution in [1.82, 2.24) is 5.32 Å². The summed E-state index contributed by atoms with van der Waals surface area (Å²) in [6.07, 6.45) is -4.74. The Kier molecular flexibility index (Phi) is 10.1. The first-order valence-corrected chi connectivity index (χ1v) is 14.4. The molecule has 0 saturated carbocycles. The molecule has 0 aliphatic rings. The summed E-state index contributed by atoms with van der Waals surface area (Å²) in [7, 11) is 0. The molecule has 4 aromatic carbocycles. The van der Waals surface area contributed by atoms with Gasteiger partial charge < -0.3 is 20.1 Å². The molecule has 224 valence electrons. The van der Waals surface area contributed by atoms with Crippen LogP contribution in [-0.4, -0.2) is 30.1 Å². The van der Waals surface area contributed by atoms with Gasteiger partial charge in [0.2, 0.25) is 0 Å². The predicted molar refractivity (Wildman–Crippen MR) is 164 cm³/mol. The SMILES string of the molecule is CCN(CC)c1ccc(Br)cc1C(=O)NC(CC(=O)O)c1ccc(-c2cccc(Oc3ccc(C(F)(F)F)cc3)c2)cc1. The van der Waals surface area contributed by atoms with Crippen molar-refractivity contribution in [2.24, 2.45) is 0 Å². The van der Waals surface area contributed by atoms with E-state index >= 15 is 0 Å². The van der Waals surface area contributed by atoms with E-state index in [1.54, 1.807) is 36.4 Å². The van der Waals surface area contributed by atoms with Crippen molar-refractivity contribution in [2.75, 3.05) is 18.0 Å². The van der Waals surface area contributed by atoms with E-state index in [-0.39, 0.29) is 18.1 Å². The lowest BCUT2D eigenvalue weighted by Crippen LogP contribution is -2.32. The van der Waals surface area contributed by atoms with Crippen LogP contribution in [0.25, 0.3) is 11.1 Å². The molecule has 0 saturated heterocycles. The van der Waals surface area contributed by atoms with Crippen molar-refractivity contribution >= 4 is 33.5 Å². The quantitative estimate of drug-likeness (QED) is 0.169. The maximum atomic E-state index is 13.4. The number of ether oxygens (including phenoxy) is 1. The Bertz CT molecular complexity index is 1570. The van der Waals surface area contributed by atoms with Gasteiger partial charge in [0.1, 0.15) is 11.5 Å². The number of alkyl halides is 3. The molecule has 0 aromatic heterocycles. The molecule has 1 amide bonds. The lowest BCUT2D eigenvalue weighted by atomic mass is 9.98. The molecule has 43 heavy (non-hydrogen) atoms. The fourth-order valence-corrected chi connectivity index (χ4v) is 5.05. The molecule has 0 aliphatic heterocycles. The molecular formula is C33H30BrF3N2O4. The fourth-order valence-electron chi connectivity index (χ4n) is 4.69. The van der Waals surface area contributed by atoms with E-state index in [9.17, 15) is 27.9 Å². The number of aliphatic carboxylic acids is 1. The number of rotatable bonds is 11. The van der Waals surface area contributed by atoms with Crippen LogP contribution in [-0.2, 0) is 11.0 Å². The summed E-state index contributed by atoms with van der Waals surface area (Å²) in [5.74, 6) is -0.731. The van der Waals surface area contributed by atoms with E-state index in [4.69, 9.17) is 4.74 Å². The third-order valence-electron chi connectivity index (χ3n) is 6.89. The summed E-state index contributed by atoms with van der Waals surface area (Å²) in [6, 6.07) is 23.4. The molecule has 4 rings (SSSR count). The van der Waals surface area contributed by atoms with Crippen molar-refractivity contribution in [1.29, 1.82) is 0 Å². The highest BCUT2D eigenvalue weighted by Gasteiger charge is 2.30. The number of benzene rings is 4. The van der Waals surface area contributed by atoms with Gasteiger partial charge in [-0.25, -0.2) is 0 Å². The second kappa shape index (κ2) is 13.8. The van der Waals surface area contributed by atoms with E-state index in [0.717, 1.165) is 33.4 Å². The maximum Gasteiger partial charge on any atom is 0.416 e. The molecule has 1 atom stereocenters. The van der Waals surface area contributed by atoms with Crippen molar-refractivity contribution < 1.29 is 32.6 Å². The Morgan fingerprint density at radius 1 is 0.884 bits per heavy atom. The minimum absolute atomic E-state index is 0.266. The molecule has 0 fully saturated rings. The van der Waals surface area contributed by atoms with Gasteiger partial charge in [0.25, 0.3) is 5.91 Å². The van der Waals surface area contributed by atoms with Gasteiger partial charge >= 0.3 is 12.1 Å². The van der Waals surface area contributed by atoms with E-state index in [0.29, 0.717) is 30.0 Å². The summed E-state index contributed by atoms with van der Waals surface area (Å²) < 4.78 is 45.1. The van der Waals surface area contributed by atoms with Gasteiger partial charge in [-0.15, -0.1) is 0 Å². The number of amides is 1. The van der Waals surface area contributed by atoms with Crippen LogP contribution in [0.2, 0.25) is 0 Å². The number of nitrogens with one attached hydrogen (secondary N) is 1. The molecule has 0 radical (unpaired) electrons. The number of carbonyl (C=O) groups is 2. The first kappa shape index (κ1) is 31.6. The molecule has 0 heterocycles. The number of hydrogen-bond acceptors (Lipinski definition) is 4. The molecule has 1 unspecified atom stereocenters. The van der Waals surface area contributed by atoms with Crippen LogP contribution in [0.1, 0.15) is 47.8 Å². The second-order valence-electron chi connectivity index (χ2n) is 9.73. The zero-order valence-corrected chi connectivity index (χ0v) is 25.1. The van der Waals surface area contributed by atoms with Crippen LogP contribution in [0.15, 0.2) is 95.5 Å². The highest BCUT2D eigenvalue weighted by molar-refractivity contribution is 9.10. The van der Waals surface area contributed by atoms with E-state index in [2.05, 4.69) is 26.1 Å². The van der Waals surface area contributed by atoms with E-state index in [1.807, 2.05) is 44.2 Å². The van der Waals surface area contributed by atoms with Gasteiger partial charge in [0.15, 0.2) is 0 Å². The summed E-state index contributed by atoms with van der Waals surface area (Å²) in [4.78, 5) is 27.2. The molecular weight excluding hydrogens is 625 g/mol. The minimum Gasteiger partial charge on any atom is -0.481 e. The van der Waals surface area contributed by atoms with Crippen molar-refractivity contribution in [3.05, 3.63) is 112 Å². The maximum absolute atomic E-state index is 13.4. The van der Waals surface area contributed by atoms with Crippen LogP contribution in [0.5, 0.6) is 11.5 Å². The largest absolute Gasteiger partial charge is 0.481 e. The number of halogens is 4. The van der Waals surface area contributed by atoms with Crippen LogP contribution < -0.4 is 15.0 Å². The van der Waals surface area contributed by atoms with Crippen LogP contribution in [0, 0.1) is 0 Å². The summed E-state index contributed by atoms with van der Waals surface area (Å²) in [6.45, 7) is 5.40. The summed E-state index contributed by atoms with van der Waals surface area (Å²) in [5, 5.41) is 12.5. The Morgan fingerprint density at radius 3 is 2.16 bits per heavy atom. The molecule has 4 aromatic rings. The molecule has 0 spiro atoms. The zero-order valence-electron chi connectivity index (χ0n) is 23.5. The van der Waals surface area contributed by atoms with Gasteiger partial charge in [-0.3, -0.25) is 9.59 Å². The Hall–Kier alpha value is -4.31. The lowest BCUT2D eigenvalue weighted by Gasteiger charge is -2.25. The van der Waals surface area contributed by atoms with Gasteiger partial charge in [-0.2, -0.15) is 13.2 Å². The Morgan fingerprint density at radius 2 is 1.56 bits per heavy atom. The average Bonchev–Trinajstić information content (AvgIpc) is 2.98. The molecule has 2 N–H and O–H groups in total. The standard InChI is InChI=1S/C33H30BrF3N2O4/c1-3-39(4-2)30-17-14-25(34)19-28(30)32(42)38-29(20-31(40)41)22-10-8-21(9-11-22)23-6-5-7-27(18-23)43-26-15-12-24(13-16-26)33(35,36)37/h5-19,29H,3-4,20H2,1-2H3,(H,38,42)(H,40,41). The molecule has 10 heteroatoms. The van der Waals surface area contributed by atoms with Gasteiger partial charge in [-0.05, 0) is 85.1 Å². The number of anilines is 1. The topological polar surface area (TPSA) is 78.9 Å². The number of hydrogen-bond donors (Lipinski definition) is 2. The predicted octanol–water partition coefficient (Wildman–Crippen LogP) is 8.72. The third-order valence-corrected chi connectivity index (χ3v) is 7.38. The molecule has 0 bridgehead atoms. The first-order valence-electron chi connectivity index (χ1n) is 13.6. The first-order chi connectivity index (χ1) is 20.5. The van der Waals surface area contributed by atoms with Gasteiger partial charge in [0.05, 0.1) is 23.6 Å². The highest BCUT2D eigenvalue weighted by Crippen LogP contribution is 2.33. The highest BCUT2D eigenvalue weighted by atomic mass is 79.9. The lowest BCUT2D eigenvalue weighted by molar-refractivity contribution is -0.138. The number of carboxylic acid groups (broad SMARTS) is 1. The zero-order chi connectivity index (χ0) is 31.1. The Balaban J connectivity index is 1.54. The Labute approximate surface area is 256 Å². The third kappa shape index (κ3) is 8.16. The van der Waals surface area contributed by atoms with Crippen molar-refractivity contribution in [3.63, 3.8) is 0 Å².